The van der Waals surface area contributed by atoms with E-state index < -0.39 is 41.7 Å². The van der Waals surface area contributed by atoms with Crippen molar-refractivity contribution in [2.45, 2.75) is 26.2 Å². The Bertz CT molecular complexity index is 1280. The number of hydrogen-bond donors (Lipinski definition) is 4. The van der Waals surface area contributed by atoms with Gasteiger partial charge in [0, 0.05) is 42.6 Å². The van der Waals surface area contributed by atoms with Crippen molar-refractivity contribution in [3.05, 3.63) is 88.7 Å². The van der Waals surface area contributed by atoms with Gasteiger partial charge in [-0.25, -0.2) is 8.78 Å². The largest absolute Gasteiger partial charge is 0.487 e. The highest BCUT2D eigenvalue weighted by Gasteiger charge is 2.29. The van der Waals surface area contributed by atoms with E-state index in [0.717, 1.165) is 12.1 Å². The second-order valence-corrected chi connectivity index (χ2v) is 7.95. The van der Waals surface area contributed by atoms with Gasteiger partial charge < -0.3 is 31.0 Å². The summed E-state index contributed by atoms with van der Waals surface area (Å²) in [5.41, 5.74) is 11.4. The maximum atomic E-state index is 15.0. The van der Waals surface area contributed by atoms with Gasteiger partial charge in [0.1, 0.15) is 35.6 Å². The zero-order valence-electron chi connectivity index (χ0n) is 20.5. The molecule has 12 heteroatoms. The van der Waals surface area contributed by atoms with E-state index in [2.05, 4.69) is 10.3 Å². The molecule has 0 aliphatic heterocycles. The number of amidine groups is 1. The molecule has 0 radical (unpaired) electrons. The topological polar surface area (TPSA) is 163 Å². The van der Waals surface area contributed by atoms with E-state index in [1.54, 1.807) is 31.3 Å². The Morgan fingerprint density at radius 2 is 1.82 bits per heavy atom. The van der Waals surface area contributed by atoms with Crippen molar-refractivity contribution < 1.29 is 32.6 Å². The fraction of sp³-hybridized carbons (Fsp3) is 0.231. The summed E-state index contributed by atoms with van der Waals surface area (Å²) in [4.78, 5) is 28.2. The minimum absolute atomic E-state index is 0.00296. The SMILES string of the molecule is CCOC(C(=O)NCc1ccc(C(=N)N)cc1OCC(N)=O)c1c(F)cc(OCc2ccccn2)cc1F. The zero-order chi connectivity index (χ0) is 27.7. The second kappa shape index (κ2) is 13.1. The number of benzene rings is 2. The molecule has 3 rings (SSSR count). The van der Waals surface area contributed by atoms with Crippen molar-refractivity contribution in [1.82, 2.24) is 10.3 Å². The number of ether oxygens (including phenoxy) is 3. The van der Waals surface area contributed by atoms with Gasteiger partial charge in [-0.15, -0.1) is 0 Å². The maximum Gasteiger partial charge on any atom is 0.255 e. The van der Waals surface area contributed by atoms with Gasteiger partial charge in [0.2, 0.25) is 0 Å². The van der Waals surface area contributed by atoms with Crippen molar-refractivity contribution in [3.63, 3.8) is 0 Å². The minimum atomic E-state index is -1.60. The first-order valence-electron chi connectivity index (χ1n) is 11.5. The fourth-order valence-corrected chi connectivity index (χ4v) is 3.42. The molecule has 0 aliphatic carbocycles. The lowest BCUT2D eigenvalue weighted by atomic mass is 10.1. The lowest BCUT2D eigenvalue weighted by molar-refractivity contribution is -0.133. The zero-order valence-corrected chi connectivity index (χ0v) is 20.5. The molecule has 0 saturated carbocycles. The van der Waals surface area contributed by atoms with Crippen LogP contribution in [0.15, 0.2) is 54.7 Å². The molecule has 0 spiro atoms. The molecule has 2 aromatic carbocycles. The number of nitrogens with zero attached hydrogens (tertiary/aromatic N) is 1. The fourth-order valence-electron chi connectivity index (χ4n) is 3.42. The van der Waals surface area contributed by atoms with Gasteiger partial charge in [0.25, 0.3) is 11.8 Å². The normalized spacial score (nSPS) is 11.4. The molecule has 0 bridgehead atoms. The Kier molecular flexibility index (Phi) is 9.66. The van der Waals surface area contributed by atoms with Crippen LogP contribution in [0, 0.1) is 17.0 Å². The summed E-state index contributed by atoms with van der Waals surface area (Å²) in [5, 5.41) is 10.1. The monoisotopic (exact) mass is 527 g/mol. The van der Waals surface area contributed by atoms with E-state index >= 15 is 8.78 Å². The van der Waals surface area contributed by atoms with E-state index in [1.807, 2.05) is 0 Å². The van der Waals surface area contributed by atoms with Crippen LogP contribution in [0.25, 0.3) is 0 Å². The Hall–Kier alpha value is -4.58. The number of carbonyl (C=O) groups excluding carboxylic acids is 2. The van der Waals surface area contributed by atoms with Crippen LogP contribution in [0.2, 0.25) is 0 Å². The van der Waals surface area contributed by atoms with Gasteiger partial charge in [0.05, 0.1) is 11.3 Å². The molecule has 1 heterocycles. The quantitative estimate of drug-likeness (QED) is 0.196. The maximum absolute atomic E-state index is 15.0. The van der Waals surface area contributed by atoms with Crippen molar-refractivity contribution >= 4 is 17.6 Å². The summed E-state index contributed by atoms with van der Waals surface area (Å²) in [7, 11) is 0. The number of nitrogen functional groups attached to an aromatic ring is 1. The Balaban J connectivity index is 1.77. The molecular weight excluding hydrogens is 500 g/mol. The van der Waals surface area contributed by atoms with E-state index in [0.29, 0.717) is 16.8 Å². The molecule has 1 unspecified atom stereocenters. The number of primary amides is 1. The molecule has 3 aromatic rings. The van der Waals surface area contributed by atoms with Gasteiger partial charge in [-0.3, -0.25) is 20.0 Å². The average molecular weight is 528 g/mol. The van der Waals surface area contributed by atoms with Gasteiger partial charge in [-0.05, 0) is 25.1 Å². The van der Waals surface area contributed by atoms with Gasteiger partial charge in [-0.2, -0.15) is 0 Å². The lowest BCUT2D eigenvalue weighted by Crippen LogP contribution is -2.32. The van der Waals surface area contributed by atoms with Crippen LogP contribution in [0.1, 0.15) is 35.4 Å². The molecule has 1 atom stereocenters. The third-order valence-corrected chi connectivity index (χ3v) is 5.20. The Labute approximate surface area is 217 Å². The third kappa shape index (κ3) is 7.46. The second-order valence-electron chi connectivity index (χ2n) is 7.95. The van der Waals surface area contributed by atoms with Crippen molar-refractivity contribution in [1.29, 1.82) is 5.41 Å². The van der Waals surface area contributed by atoms with Crippen LogP contribution < -0.4 is 26.3 Å². The minimum Gasteiger partial charge on any atom is -0.487 e. The number of nitrogens with two attached hydrogens (primary N) is 2. The third-order valence-electron chi connectivity index (χ3n) is 5.20. The van der Waals surface area contributed by atoms with Crippen LogP contribution >= 0.6 is 0 Å². The van der Waals surface area contributed by atoms with Gasteiger partial charge in [-0.1, -0.05) is 18.2 Å². The predicted molar refractivity (Wildman–Crippen MR) is 133 cm³/mol. The summed E-state index contributed by atoms with van der Waals surface area (Å²) >= 11 is 0. The molecule has 10 nitrogen and oxygen atoms in total. The highest BCUT2D eigenvalue weighted by atomic mass is 19.1. The van der Waals surface area contributed by atoms with Crippen LogP contribution in [-0.4, -0.2) is 35.8 Å². The molecular formula is C26H27F2N5O5. The molecule has 0 fully saturated rings. The van der Waals surface area contributed by atoms with Crippen LogP contribution in [-0.2, 0) is 27.5 Å². The highest BCUT2D eigenvalue weighted by Crippen LogP contribution is 2.29. The number of pyridine rings is 1. The van der Waals surface area contributed by atoms with E-state index in [4.69, 9.17) is 31.1 Å². The summed E-state index contributed by atoms with van der Waals surface area (Å²) in [5.74, 6) is -3.76. The average Bonchev–Trinajstić information content (AvgIpc) is 2.89. The molecule has 200 valence electrons. The van der Waals surface area contributed by atoms with Crippen LogP contribution in [0.4, 0.5) is 8.78 Å². The predicted octanol–water partition coefficient (Wildman–Crippen LogP) is 2.48. The summed E-state index contributed by atoms with van der Waals surface area (Å²) in [6, 6.07) is 11.6. The molecule has 0 aliphatic rings. The van der Waals surface area contributed by atoms with Gasteiger partial charge in [0.15, 0.2) is 12.7 Å². The number of rotatable bonds is 13. The summed E-state index contributed by atoms with van der Waals surface area (Å²) in [6.07, 6.45) is -0.0324. The molecule has 2 amide bonds. The lowest BCUT2D eigenvalue weighted by Gasteiger charge is -2.20. The van der Waals surface area contributed by atoms with E-state index in [9.17, 15) is 9.59 Å². The first-order chi connectivity index (χ1) is 18.2. The first kappa shape index (κ1) is 28.0. The molecule has 1 aromatic heterocycles. The number of hydrogen-bond acceptors (Lipinski definition) is 7. The number of aromatic nitrogens is 1. The molecule has 0 saturated heterocycles. The first-order valence-corrected chi connectivity index (χ1v) is 11.5. The van der Waals surface area contributed by atoms with Crippen LogP contribution in [0.5, 0.6) is 11.5 Å². The number of amides is 2. The van der Waals surface area contributed by atoms with Crippen molar-refractivity contribution in [2.75, 3.05) is 13.2 Å². The number of halogens is 2. The van der Waals surface area contributed by atoms with E-state index in [1.165, 1.54) is 18.2 Å². The summed E-state index contributed by atoms with van der Waals surface area (Å²) in [6.45, 7) is 0.973. The van der Waals surface area contributed by atoms with E-state index in [-0.39, 0.29) is 37.1 Å². The number of carbonyl (C=O) groups is 2. The summed E-state index contributed by atoms with van der Waals surface area (Å²) < 4.78 is 46.2. The smallest absolute Gasteiger partial charge is 0.255 e. The molecule has 6 N–H and O–H groups in total. The van der Waals surface area contributed by atoms with Crippen LogP contribution in [0.3, 0.4) is 0 Å². The van der Waals surface area contributed by atoms with Gasteiger partial charge >= 0.3 is 0 Å². The highest BCUT2D eigenvalue weighted by molar-refractivity contribution is 5.95. The molecule has 38 heavy (non-hydrogen) atoms. The standard InChI is InChI=1S/C26H27F2N5O5/c1-2-36-24(23-19(27)10-18(11-20(23)28)37-13-17-5-3-4-8-32-17)26(35)33-12-16-7-6-15(25(30)31)9-21(16)38-14-22(29)34/h3-11,24H,2,12-14H2,1H3,(H2,29,34)(H3,30,31)(H,33,35). The van der Waals surface area contributed by atoms with Crippen molar-refractivity contribution in [2.24, 2.45) is 11.5 Å². The Morgan fingerprint density at radius 3 is 2.42 bits per heavy atom. The number of nitrogens with one attached hydrogen (secondary N) is 2. The Morgan fingerprint density at radius 1 is 1.08 bits per heavy atom. The van der Waals surface area contributed by atoms with Crippen molar-refractivity contribution in [3.8, 4) is 11.5 Å².